The number of fused-ring (bicyclic) bond motifs is 1. The Bertz CT molecular complexity index is 1070. The second-order valence-corrected chi connectivity index (χ2v) is 12.4. The van der Waals surface area contributed by atoms with Crippen LogP contribution in [0, 0.1) is 19.8 Å². The Morgan fingerprint density at radius 1 is 0.909 bits per heavy atom. The van der Waals surface area contributed by atoms with Crippen LogP contribution in [0.1, 0.15) is 139 Å². The van der Waals surface area contributed by atoms with Gasteiger partial charge in [-0.2, -0.15) is 0 Å². The SMILES string of the molecule is CC(=O)N(C)C(C)(C)C.CC=O.CCCC.CCCC(C)C.CCCCC.Cc1ccc(C)c(-c2nc3ccccc3[nH]2)c1. The summed E-state index contributed by atoms with van der Waals surface area (Å²) < 4.78 is 0. The van der Waals surface area contributed by atoms with Crippen molar-refractivity contribution in [1.29, 1.82) is 0 Å². The fourth-order valence-electron chi connectivity index (χ4n) is 3.47. The first-order chi connectivity index (χ1) is 20.6. The highest BCUT2D eigenvalue weighted by Gasteiger charge is 2.18. The molecule has 5 heteroatoms. The number of imidazole rings is 1. The average Bonchev–Trinajstić information content (AvgIpc) is 3.39. The maximum absolute atomic E-state index is 10.7. The number of aldehydes is 1. The van der Waals surface area contributed by atoms with Gasteiger partial charge in [-0.15, -0.1) is 0 Å². The molecule has 1 heterocycles. The largest absolute Gasteiger partial charge is 0.341 e. The van der Waals surface area contributed by atoms with E-state index in [1.54, 1.807) is 11.8 Å². The van der Waals surface area contributed by atoms with Crippen molar-refractivity contribution < 1.29 is 9.59 Å². The fraction of sp³-hybridized carbons (Fsp3) is 0.615. The van der Waals surface area contributed by atoms with Gasteiger partial charge in [0.2, 0.25) is 5.91 Å². The highest BCUT2D eigenvalue weighted by molar-refractivity contribution is 5.80. The molecule has 0 aliphatic heterocycles. The summed E-state index contributed by atoms with van der Waals surface area (Å²) in [6.07, 6.45) is 10.2. The van der Waals surface area contributed by atoms with Crippen LogP contribution in [0.15, 0.2) is 42.5 Å². The highest BCUT2D eigenvalue weighted by atomic mass is 16.2. The summed E-state index contributed by atoms with van der Waals surface area (Å²) in [6, 6.07) is 14.5. The van der Waals surface area contributed by atoms with E-state index in [1.165, 1.54) is 68.6 Å². The van der Waals surface area contributed by atoms with Gasteiger partial charge in [-0.1, -0.05) is 123 Å². The van der Waals surface area contributed by atoms with Crippen LogP contribution >= 0.6 is 0 Å². The second-order valence-electron chi connectivity index (χ2n) is 12.4. The first-order valence-corrected chi connectivity index (χ1v) is 16.8. The van der Waals surface area contributed by atoms with Crippen LogP contribution in [0.5, 0.6) is 0 Å². The van der Waals surface area contributed by atoms with Gasteiger partial charge in [0.15, 0.2) is 0 Å². The van der Waals surface area contributed by atoms with Gasteiger partial charge < -0.3 is 14.7 Å². The predicted molar refractivity (Wildman–Crippen MR) is 196 cm³/mol. The topological polar surface area (TPSA) is 66.1 Å². The monoisotopic (exact) mass is 612 g/mol. The van der Waals surface area contributed by atoms with Crippen LogP contribution in [0.4, 0.5) is 0 Å². The van der Waals surface area contributed by atoms with Crippen molar-refractivity contribution in [1.82, 2.24) is 14.9 Å². The number of benzene rings is 2. The number of para-hydroxylation sites is 2. The lowest BCUT2D eigenvalue weighted by atomic mass is 10.1. The van der Waals surface area contributed by atoms with Gasteiger partial charge in [-0.05, 0) is 71.2 Å². The summed E-state index contributed by atoms with van der Waals surface area (Å²) in [6.45, 7) is 28.8. The van der Waals surface area contributed by atoms with Crippen molar-refractivity contribution in [3.8, 4) is 11.4 Å². The van der Waals surface area contributed by atoms with Crippen LogP contribution in [0.2, 0.25) is 0 Å². The summed E-state index contributed by atoms with van der Waals surface area (Å²) in [5.41, 5.74) is 5.75. The minimum absolute atomic E-state index is 0.0359. The maximum atomic E-state index is 10.7. The van der Waals surface area contributed by atoms with Crippen LogP contribution in [-0.2, 0) is 9.59 Å². The molecule has 5 nitrogen and oxygen atoms in total. The lowest BCUT2D eigenvalue weighted by Gasteiger charge is -2.30. The molecular weight excluding hydrogens is 542 g/mol. The minimum Gasteiger partial charge on any atom is -0.341 e. The van der Waals surface area contributed by atoms with Crippen molar-refractivity contribution in [3.63, 3.8) is 0 Å². The van der Waals surface area contributed by atoms with Gasteiger partial charge in [0.1, 0.15) is 12.1 Å². The van der Waals surface area contributed by atoms with Crippen LogP contribution in [0.25, 0.3) is 22.4 Å². The smallest absolute Gasteiger partial charge is 0.219 e. The molecule has 44 heavy (non-hydrogen) atoms. The van der Waals surface area contributed by atoms with Crippen molar-refractivity contribution in [2.45, 2.75) is 147 Å². The second kappa shape index (κ2) is 27.6. The first kappa shape index (κ1) is 45.5. The summed E-state index contributed by atoms with van der Waals surface area (Å²) in [5, 5.41) is 0. The number of hydrogen-bond acceptors (Lipinski definition) is 3. The van der Waals surface area contributed by atoms with Crippen LogP contribution < -0.4 is 0 Å². The van der Waals surface area contributed by atoms with E-state index in [0.29, 0.717) is 0 Å². The van der Waals surface area contributed by atoms with E-state index in [-0.39, 0.29) is 11.4 Å². The number of hydrogen-bond donors (Lipinski definition) is 1. The molecule has 0 atom stereocenters. The molecule has 0 fully saturated rings. The normalized spacial score (nSPS) is 9.82. The van der Waals surface area contributed by atoms with Crippen molar-refractivity contribution in [3.05, 3.63) is 53.6 Å². The number of aromatic nitrogens is 2. The zero-order valence-electron chi connectivity index (χ0n) is 31.4. The molecule has 2 aromatic carbocycles. The van der Waals surface area contributed by atoms with E-state index in [4.69, 9.17) is 4.79 Å². The minimum atomic E-state index is -0.0359. The molecule has 252 valence electrons. The van der Waals surface area contributed by atoms with E-state index in [2.05, 4.69) is 96.5 Å². The molecule has 0 bridgehead atoms. The van der Waals surface area contributed by atoms with Gasteiger partial charge in [-0.3, -0.25) is 4.79 Å². The molecule has 1 aromatic heterocycles. The number of H-pyrrole nitrogens is 1. The lowest BCUT2D eigenvalue weighted by molar-refractivity contribution is -0.131. The Balaban J connectivity index is -0.000000529. The molecule has 3 rings (SSSR count). The lowest BCUT2D eigenvalue weighted by Crippen LogP contribution is -2.41. The number of carbonyl (C=O) groups excluding carboxylic acids is 2. The summed E-state index contributed by atoms with van der Waals surface area (Å²) in [4.78, 5) is 29.2. The zero-order chi connectivity index (χ0) is 34.7. The molecule has 0 saturated carbocycles. The standard InChI is InChI=1S/C15H14N2.C7H15NO.C6H14.C5H12.C4H10.C2H4O/c1-10-7-8-11(2)12(9-10)15-16-13-5-3-4-6-14(13)17-15;1-6(9)8(5)7(2,3)4;1-4-5-6(2)3;1-3-5-4-2;1-3-4-2;1-2-3/h3-9H,1-2H3,(H,16,17);1-5H3;6H,4-5H2,1-3H3;3-5H2,1-2H3;3-4H2,1-2H3;2H,1H3. The summed E-state index contributed by atoms with van der Waals surface area (Å²) in [5.74, 6) is 1.96. The third-order valence-electron chi connectivity index (χ3n) is 6.59. The van der Waals surface area contributed by atoms with Gasteiger partial charge in [0, 0.05) is 25.1 Å². The number of aromatic amines is 1. The number of nitrogens with one attached hydrogen (secondary N) is 1. The molecule has 0 unspecified atom stereocenters. The van der Waals surface area contributed by atoms with E-state index < -0.39 is 0 Å². The average molecular weight is 612 g/mol. The first-order valence-electron chi connectivity index (χ1n) is 16.8. The molecule has 0 saturated heterocycles. The van der Waals surface area contributed by atoms with Crippen LogP contribution in [-0.4, -0.2) is 39.6 Å². The Kier molecular flexibility index (Phi) is 28.5. The zero-order valence-corrected chi connectivity index (χ0v) is 31.4. The van der Waals surface area contributed by atoms with Crippen LogP contribution in [0.3, 0.4) is 0 Å². The maximum Gasteiger partial charge on any atom is 0.219 e. The van der Waals surface area contributed by atoms with Gasteiger partial charge >= 0.3 is 0 Å². The van der Waals surface area contributed by atoms with Crippen molar-refractivity contribution in [2.75, 3.05) is 7.05 Å². The number of amides is 1. The van der Waals surface area contributed by atoms with Gasteiger partial charge in [0.25, 0.3) is 0 Å². The molecule has 0 spiro atoms. The molecule has 1 amide bonds. The predicted octanol–water partition coefficient (Wildman–Crippen LogP) is 11.8. The van der Waals surface area contributed by atoms with Crippen molar-refractivity contribution >= 4 is 23.2 Å². The Morgan fingerprint density at radius 3 is 1.75 bits per heavy atom. The van der Waals surface area contributed by atoms with Gasteiger partial charge in [-0.25, -0.2) is 4.98 Å². The summed E-state index contributed by atoms with van der Waals surface area (Å²) >= 11 is 0. The third kappa shape index (κ3) is 23.5. The molecular formula is C39H69N3O2. The van der Waals surface area contributed by atoms with E-state index in [0.717, 1.165) is 29.1 Å². The third-order valence-corrected chi connectivity index (χ3v) is 6.59. The van der Waals surface area contributed by atoms with E-state index in [9.17, 15) is 4.79 Å². The fourth-order valence-corrected chi connectivity index (χ4v) is 3.47. The quantitative estimate of drug-likeness (QED) is 0.282. The number of nitrogens with zero attached hydrogens (tertiary/aromatic N) is 2. The highest BCUT2D eigenvalue weighted by Crippen LogP contribution is 2.24. The molecule has 0 aliphatic carbocycles. The number of unbranched alkanes of at least 4 members (excludes halogenated alkanes) is 3. The molecule has 0 radical (unpaired) electrons. The Labute approximate surface area is 272 Å². The summed E-state index contributed by atoms with van der Waals surface area (Å²) in [7, 11) is 1.81. The molecule has 1 N–H and O–H groups in total. The van der Waals surface area contributed by atoms with Crippen molar-refractivity contribution in [2.24, 2.45) is 5.92 Å². The molecule has 3 aromatic rings. The number of carbonyl (C=O) groups is 2. The van der Waals surface area contributed by atoms with E-state index in [1.807, 2.05) is 46.0 Å². The number of rotatable bonds is 6. The van der Waals surface area contributed by atoms with Gasteiger partial charge in [0.05, 0.1) is 11.0 Å². The number of aryl methyl sites for hydroxylation is 2. The van der Waals surface area contributed by atoms with E-state index >= 15 is 0 Å². The Hall–Kier alpha value is -2.95. The Morgan fingerprint density at radius 2 is 1.43 bits per heavy atom. The molecule has 0 aliphatic rings.